The van der Waals surface area contributed by atoms with Crippen molar-refractivity contribution in [2.45, 2.75) is 52.0 Å². The molecule has 0 saturated heterocycles. The Hall–Kier alpha value is -0.900. The van der Waals surface area contributed by atoms with Crippen LogP contribution in [0.15, 0.2) is 6.20 Å². The lowest BCUT2D eigenvalue weighted by molar-refractivity contribution is 0.521. The molecular formula is C11H22N4. The molecule has 0 saturated carbocycles. The zero-order valence-electron chi connectivity index (χ0n) is 9.65. The Morgan fingerprint density at radius 1 is 1.27 bits per heavy atom. The molecule has 0 radical (unpaired) electrons. The number of hydrogen-bond donors (Lipinski definition) is 1. The first-order valence-corrected chi connectivity index (χ1v) is 5.96. The summed E-state index contributed by atoms with van der Waals surface area (Å²) >= 11 is 0. The van der Waals surface area contributed by atoms with Crippen molar-refractivity contribution in [3.63, 3.8) is 0 Å². The number of nitrogens with zero attached hydrogens (tertiary/aromatic N) is 3. The van der Waals surface area contributed by atoms with Crippen LogP contribution >= 0.6 is 0 Å². The lowest BCUT2D eigenvalue weighted by Crippen LogP contribution is -2.02. The molecule has 0 fully saturated rings. The van der Waals surface area contributed by atoms with Crippen LogP contribution in [0.1, 0.15) is 44.7 Å². The smallest absolute Gasteiger partial charge is 0.0839 e. The number of nitrogens with two attached hydrogens (primary N) is 1. The highest BCUT2D eigenvalue weighted by Crippen LogP contribution is 2.04. The Kier molecular flexibility index (Phi) is 6.00. The molecule has 86 valence electrons. The van der Waals surface area contributed by atoms with E-state index in [0.29, 0.717) is 6.54 Å². The molecule has 0 atom stereocenters. The van der Waals surface area contributed by atoms with Gasteiger partial charge in [0, 0.05) is 19.2 Å². The standard InChI is InChI=1S/C11H22N4/c1-2-3-4-5-6-9-15-10-11(7-8-12)13-14-15/h10H,2-9,12H2,1H3. The molecular weight excluding hydrogens is 188 g/mol. The van der Waals surface area contributed by atoms with Crippen molar-refractivity contribution >= 4 is 0 Å². The molecule has 0 unspecified atom stereocenters. The van der Waals surface area contributed by atoms with Crippen LogP contribution in [0, 0.1) is 0 Å². The highest BCUT2D eigenvalue weighted by Gasteiger charge is 1.98. The summed E-state index contributed by atoms with van der Waals surface area (Å²) in [6.45, 7) is 3.87. The summed E-state index contributed by atoms with van der Waals surface area (Å²) in [6, 6.07) is 0. The first-order chi connectivity index (χ1) is 7.36. The maximum atomic E-state index is 5.45. The van der Waals surface area contributed by atoms with Crippen LogP contribution < -0.4 is 5.73 Å². The first-order valence-electron chi connectivity index (χ1n) is 5.96. The Balaban J connectivity index is 2.14. The number of rotatable bonds is 8. The van der Waals surface area contributed by atoms with Crippen molar-refractivity contribution in [2.75, 3.05) is 6.54 Å². The number of aromatic nitrogens is 3. The van der Waals surface area contributed by atoms with Gasteiger partial charge in [-0.1, -0.05) is 37.8 Å². The van der Waals surface area contributed by atoms with E-state index in [2.05, 4.69) is 17.2 Å². The largest absolute Gasteiger partial charge is 0.330 e. The second kappa shape index (κ2) is 7.40. The van der Waals surface area contributed by atoms with Gasteiger partial charge in [-0.2, -0.15) is 0 Å². The second-order valence-corrected chi connectivity index (χ2v) is 3.93. The molecule has 1 heterocycles. The van der Waals surface area contributed by atoms with E-state index in [9.17, 15) is 0 Å². The fourth-order valence-corrected chi connectivity index (χ4v) is 1.59. The van der Waals surface area contributed by atoms with E-state index in [-0.39, 0.29) is 0 Å². The topological polar surface area (TPSA) is 56.7 Å². The van der Waals surface area contributed by atoms with Crippen LogP contribution in [-0.2, 0) is 13.0 Å². The maximum absolute atomic E-state index is 5.45. The molecule has 0 aliphatic rings. The van der Waals surface area contributed by atoms with Gasteiger partial charge in [-0.25, -0.2) is 0 Å². The molecule has 1 rings (SSSR count). The molecule has 0 aliphatic carbocycles. The van der Waals surface area contributed by atoms with E-state index in [0.717, 1.165) is 18.7 Å². The van der Waals surface area contributed by atoms with Gasteiger partial charge in [0.2, 0.25) is 0 Å². The zero-order valence-corrected chi connectivity index (χ0v) is 9.65. The Bertz CT molecular complexity index is 257. The van der Waals surface area contributed by atoms with Crippen molar-refractivity contribution in [2.24, 2.45) is 5.73 Å². The summed E-state index contributed by atoms with van der Waals surface area (Å²) in [5.74, 6) is 0. The molecule has 4 nitrogen and oxygen atoms in total. The summed E-state index contributed by atoms with van der Waals surface area (Å²) in [5, 5.41) is 8.12. The third-order valence-corrected chi connectivity index (χ3v) is 2.48. The van der Waals surface area contributed by atoms with Gasteiger partial charge in [0.05, 0.1) is 5.69 Å². The third-order valence-electron chi connectivity index (χ3n) is 2.48. The summed E-state index contributed by atoms with van der Waals surface area (Å²) in [4.78, 5) is 0. The highest BCUT2D eigenvalue weighted by atomic mass is 15.4. The zero-order chi connectivity index (χ0) is 10.9. The van der Waals surface area contributed by atoms with E-state index >= 15 is 0 Å². The lowest BCUT2D eigenvalue weighted by atomic mass is 10.1. The summed E-state index contributed by atoms with van der Waals surface area (Å²) in [5.41, 5.74) is 6.45. The quantitative estimate of drug-likeness (QED) is 0.665. The van der Waals surface area contributed by atoms with Gasteiger partial charge in [-0.3, -0.25) is 4.68 Å². The van der Waals surface area contributed by atoms with E-state index in [1.165, 1.54) is 32.1 Å². The van der Waals surface area contributed by atoms with Crippen molar-refractivity contribution < 1.29 is 0 Å². The van der Waals surface area contributed by atoms with Crippen molar-refractivity contribution in [1.29, 1.82) is 0 Å². The molecule has 4 heteroatoms. The Labute approximate surface area is 91.9 Å². The summed E-state index contributed by atoms with van der Waals surface area (Å²) in [7, 11) is 0. The van der Waals surface area contributed by atoms with Crippen LogP contribution in [0.4, 0.5) is 0 Å². The predicted octanol–water partition coefficient (Wildman–Crippen LogP) is 1.75. The normalized spacial score (nSPS) is 10.8. The molecule has 0 aliphatic heterocycles. The molecule has 0 spiro atoms. The van der Waals surface area contributed by atoms with Crippen LogP contribution in [-0.4, -0.2) is 21.5 Å². The van der Waals surface area contributed by atoms with E-state index in [4.69, 9.17) is 5.73 Å². The number of unbranched alkanes of at least 4 members (excludes halogenated alkanes) is 4. The molecule has 1 aromatic heterocycles. The van der Waals surface area contributed by atoms with Gasteiger partial charge in [0.25, 0.3) is 0 Å². The molecule has 15 heavy (non-hydrogen) atoms. The average Bonchev–Trinajstić information content (AvgIpc) is 2.66. The third kappa shape index (κ3) is 4.93. The molecule has 1 aromatic rings. The van der Waals surface area contributed by atoms with Crippen molar-refractivity contribution in [3.8, 4) is 0 Å². The Morgan fingerprint density at radius 2 is 2.07 bits per heavy atom. The number of hydrogen-bond acceptors (Lipinski definition) is 3. The fourth-order valence-electron chi connectivity index (χ4n) is 1.59. The van der Waals surface area contributed by atoms with Crippen molar-refractivity contribution in [1.82, 2.24) is 15.0 Å². The van der Waals surface area contributed by atoms with Crippen molar-refractivity contribution in [3.05, 3.63) is 11.9 Å². The van der Waals surface area contributed by atoms with Crippen LogP contribution in [0.3, 0.4) is 0 Å². The molecule has 2 N–H and O–H groups in total. The highest BCUT2D eigenvalue weighted by molar-refractivity contribution is 4.92. The van der Waals surface area contributed by atoms with Crippen LogP contribution in [0.5, 0.6) is 0 Å². The summed E-state index contributed by atoms with van der Waals surface area (Å²) < 4.78 is 1.93. The summed E-state index contributed by atoms with van der Waals surface area (Å²) in [6.07, 6.45) is 9.30. The fraction of sp³-hybridized carbons (Fsp3) is 0.818. The Morgan fingerprint density at radius 3 is 2.80 bits per heavy atom. The lowest BCUT2D eigenvalue weighted by Gasteiger charge is -1.99. The minimum Gasteiger partial charge on any atom is -0.330 e. The predicted molar refractivity (Wildman–Crippen MR) is 61.5 cm³/mol. The van der Waals surface area contributed by atoms with Gasteiger partial charge >= 0.3 is 0 Å². The average molecular weight is 210 g/mol. The van der Waals surface area contributed by atoms with Gasteiger partial charge in [0.1, 0.15) is 0 Å². The van der Waals surface area contributed by atoms with Crippen LogP contribution in [0.2, 0.25) is 0 Å². The van der Waals surface area contributed by atoms with Gasteiger partial charge < -0.3 is 5.73 Å². The first kappa shape index (κ1) is 12.2. The second-order valence-electron chi connectivity index (χ2n) is 3.93. The van der Waals surface area contributed by atoms with E-state index in [1.54, 1.807) is 0 Å². The van der Waals surface area contributed by atoms with Gasteiger partial charge in [0.15, 0.2) is 0 Å². The molecule has 0 amide bonds. The molecule has 0 aromatic carbocycles. The SMILES string of the molecule is CCCCCCCn1cc(CCN)nn1. The minimum atomic E-state index is 0.648. The minimum absolute atomic E-state index is 0.648. The van der Waals surface area contributed by atoms with Gasteiger partial charge in [-0.05, 0) is 13.0 Å². The monoisotopic (exact) mass is 210 g/mol. The number of aryl methyl sites for hydroxylation is 1. The maximum Gasteiger partial charge on any atom is 0.0839 e. The van der Waals surface area contributed by atoms with E-state index in [1.807, 2.05) is 10.9 Å². The van der Waals surface area contributed by atoms with Crippen LogP contribution in [0.25, 0.3) is 0 Å². The van der Waals surface area contributed by atoms with E-state index < -0.39 is 0 Å². The van der Waals surface area contributed by atoms with Gasteiger partial charge in [-0.15, -0.1) is 5.10 Å². The molecule has 0 bridgehead atoms.